The number of halogens is 1. The van der Waals surface area contributed by atoms with Crippen LogP contribution in [0.1, 0.15) is 41.5 Å². The Hall–Kier alpha value is -0.765. The number of nitro benzene ring substituents is 1. The molecule has 23 heavy (non-hydrogen) atoms. The molecule has 0 bridgehead atoms. The summed E-state index contributed by atoms with van der Waals surface area (Å²) in [6.07, 6.45) is 0. The van der Waals surface area contributed by atoms with Crippen LogP contribution in [0.25, 0.3) is 0 Å². The summed E-state index contributed by atoms with van der Waals surface area (Å²) < 4.78 is 25.2. The SMILES string of the molecule is CC.CC1(C)OB(c2cc([N+](=O)[O-])ccc2F)OC1(C)C.SS. The lowest BCUT2D eigenvalue weighted by molar-refractivity contribution is -0.384. The Morgan fingerprint density at radius 3 is 1.96 bits per heavy atom. The molecule has 0 radical (unpaired) electrons. The van der Waals surface area contributed by atoms with Crippen molar-refractivity contribution in [3.05, 3.63) is 34.1 Å². The minimum Gasteiger partial charge on any atom is -0.399 e. The molecule has 1 fully saturated rings. The Morgan fingerprint density at radius 2 is 1.57 bits per heavy atom. The fourth-order valence-corrected chi connectivity index (χ4v) is 1.80. The standard InChI is InChI=1S/C12H15BFNO4.C2H6.H2S2/c1-11(2)12(3,4)19-13(18-11)9-7-8(15(16)17)5-6-10(9)14;2*1-2/h5-7H,1-4H3;1-2H3;1-2H. The van der Waals surface area contributed by atoms with E-state index in [4.69, 9.17) is 9.31 Å². The largest absolute Gasteiger partial charge is 0.498 e. The van der Waals surface area contributed by atoms with Crippen LogP contribution in [0.4, 0.5) is 10.1 Å². The van der Waals surface area contributed by atoms with E-state index < -0.39 is 29.1 Å². The summed E-state index contributed by atoms with van der Waals surface area (Å²) in [5.41, 5.74) is -1.37. The Kier molecular flexibility index (Phi) is 8.62. The van der Waals surface area contributed by atoms with E-state index in [1.165, 1.54) is 0 Å². The van der Waals surface area contributed by atoms with Crippen molar-refractivity contribution in [1.82, 2.24) is 0 Å². The van der Waals surface area contributed by atoms with Crippen LogP contribution in [0.3, 0.4) is 0 Å². The fraction of sp³-hybridized carbons (Fsp3) is 0.571. The molecule has 1 aliphatic heterocycles. The van der Waals surface area contributed by atoms with Gasteiger partial charge in [-0.15, -0.1) is 23.3 Å². The van der Waals surface area contributed by atoms with Crippen molar-refractivity contribution >= 4 is 41.6 Å². The molecular weight excluding hydrogens is 340 g/mol. The van der Waals surface area contributed by atoms with Crippen molar-refractivity contribution in [2.75, 3.05) is 0 Å². The molecule has 0 N–H and O–H groups in total. The maximum atomic E-state index is 13.8. The summed E-state index contributed by atoms with van der Waals surface area (Å²) in [5, 5.41) is 10.7. The number of nitrogens with zero attached hydrogens (tertiary/aromatic N) is 1. The van der Waals surface area contributed by atoms with Crippen molar-refractivity contribution in [2.45, 2.75) is 52.7 Å². The van der Waals surface area contributed by atoms with Crippen LogP contribution in [-0.2, 0) is 9.31 Å². The number of rotatable bonds is 2. The van der Waals surface area contributed by atoms with Crippen molar-refractivity contribution in [3.8, 4) is 0 Å². The van der Waals surface area contributed by atoms with E-state index >= 15 is 0 Å². The van der Waals surface area contributed by atoms with Crippen LogP contribution in [0.15, 0.2) is 18.2 Å². The molecular formula is C14H23BFNO4S2. The highest BCUT2D eigenvalue weighted by atomic mass is 33.1. The number of nitro groups is 1. The second-order valence-electron chi connectivity index (χ2n) is 5.55. The van der Waals surface area contributed by atoms with Crippen LogP contribution in [-0.4, -0.2) is 23.2 Å². The third kappa shape index (κ3) is 5.10. The molecule has 5 nitrogen and oxygen atoms in total. The molecule has 1 aromatic carbocycles. The van der Waals surface area contributed by atoms with Crippen molar-refractivity contribution in [3.63, 3.8) is 0 Å². The topological polar surface area (TPSA) is 61.6 Å². The van der Waals surface area contributed by atoms with Crippen molar-refractivity contribution in [1.29, 1.82) is 0 Å². The molecule has 1 saturated heterocycles. The highest BCUT2D eigenvalue weighted by molar-refractivity contribution is 8.59. The normalized spacial score (nSPS) is 17.5. The lowest BCUT2D eigenvalue weighted by atomic mass is 9.78. The van der Waals surface area contributed by atoms with Crippen LogP contribution in [0, 0.1) is 15.9 Å². The first-order valence-corrected chi connectivity index (χ1v) is 8.73. The predicted molar refractivity (Wildman–Crippen MR) is 98.1 cm³/mol. The number of benzene rings is 1. The summed E-state index contributed by atoms with van der Waals surface area (Å²) in [4.78, 5) is 10.2. The van der Waals surface area contributed by atoms with Gasteiger partial charge in [0.05, 0.1) is 16.1 Å². The lowest BCUT2D eigenvalue weighted by Gasteiger charge is -2.32. The first kappa shape index (κ1) is 22.2. The maximum absolute atomic E-state index is 13.8. The van der Waals surface area contributed by atoms with Gasteiger partial charge in [0.2, 0.25) is 0 Å². The number of hydrogen-bond donors (Lipinski definition) is 2. The smallest absolute Gasteiger partial charge is 0.399 e. The second-order valence-corrected chi connectivity index (χ2v) is 5.55. The summed E-state index contributed by atoms with van der Waals surface area (Å²) in [7, 11) is -0.940. The van der Waals surface area contributed by atoms with E-state index in [0.717, 1.165) is 18.2 Å². The number of thiol groups is 2. The number of non-ortho nitro benzene ring substituents is 1. The Morgan fingerprint density at radius 1 is 1.13 bits per heavy atom. The lowest BCUT2D eigenvalue weighted by Crippen LogP contribution is -2.41. The van der Waals surface area contributed by atoms with Gasteiger partial charge >= 0.3 is 7.12 Å². The minimum atomic E-state index is -0.940. The summed E-state index contributed by atoms with van der Waals surface area (Å²) in [6.45, 7) is 11.3. The third-order valence-corrected chi connectivity index (χ3v) is 3.70. The van der Waals surface area contributed by atoms with Crippen molar-refractivity contribution in [2.24, 2.45) is 0 Å². The average molecular weight is 363 g/mol. The molecule has 0 atom stereocenters. The van der Waals surface area contributed by atoms with Gasteiger partial charge in [-0.3, -0.25) is 10.1 Å². The first-order valence-electron chi connectivity index (χ1n) is 7.13. The zero-order valence-electron chi connectivity index (χ0n) is 14.2. The maximum Gasteiger partial charge on any atom is 0.498 e. The summed E-state index contributed by atoms with van der Waals surface area (Å²) >= 11 is 6.44. The zero-order chi connectivity index (χ0) is 18.4. The van der Waals surface area contributed by atoms with E-state index in [2.05, 4.69) is 23.3 Å². The van der Waals surface area contributed by atoms with E-state index in [1.54, 1.807) is 0 Å². The van der Waals surface area contributed by atoms with Crippen LogP contribution >= 0.6 is 23.3 Å². The van der Waals surface area contributed by atoms with E-state index in [1.807, 2.05) is 41.5 Å². The molecule has 0 amide bonds. The van der Waals surface area contributed by atoms with Crippen LogP contribution < -0.4 is 5.46 Å². The Labute approximate surface area is 147 Å². The molecule has 0 aliphatic carbocycles. The molecule has 1 aromatic rings. The molecule has 0 spiro atoms. The predicted octanol–water partition coefficient (Wildman–Crippen LogP) is 3.82. The van der Waals surface area contributed by atoms with Crippen LogP contribution in [0.2, 0.25) is 0 Å². The molecule has 1 heterocycles. The molecule has 0 aromatic heterocycles. The van der Waals surface area contributed by atoms with Gasteiger partial charge in [0, 0.05) is 17.6 Å². The monoisotopic (exact) mass is 363 g/mol. The molecule has 2 rings (SSSR count). The fourth-order valence-electron chi connectivity index (χ4n) is 1.80. The van der Waals surface area contributed by atoms with Gasteiger partial charge < -0.3 is 9.31 Å². The average Bonchev–Trinajstić information content (AvgIpc) is 2.71. The molecule has 0 unspecified atom stereocenters. The molecule has 1 aliphatic rings. The van der Waals surface area contributed by atoms with Crippen molar-refractivity contribution < 1.29 is 18.6 Å². The number of hydrogen-bond acceptors (Lipinski definition) is 6. The second kappa shape index (κ2) is 8.91. The van der Waals surface area contributed by atoms with Gasteiger partial charge in [-0.05, 0) is 33.8 Å². The van der Waals surface area contributed by atoms with Crippen LogP contribution in [0.5, 0.6) is 0 Å². The van der Waals surface area contributed by atoms with Gasteiger partial charge in [-0.1, -0.05) is 13.8 Å². The van der Waals surface area contributed by atoms with Gasteiger partial charge in [-0.2, -0.15) is 0 Å². The highest BCUT2D eigenvalue weighted by Crippen LogP contribution is 2.36. The first-order chi connectivity index (χ1) is 10.6. The quantitative estimate of drug-likeness (QED) is 0.276. The van der Waals surface area contributed by atoms with Gasteiger partial charge in [0.15, 0.2) is 0 Å². The molecule has 9 heteroatoms. The van der Waals surface area contributed by atoms with E-state index in [-0.39, 0.29) is 11.2 Å². The van der Waals surface area contributed by atoms with Gasteiger partial charge in [0.1, 0.15) is 5.82 Å². The minimum absolute atomic E-state index is 0.0489. The van der Waals surface area contributed by atoms with E-state index in [9.17, 15) is 14.5 Å². The summed E-state index contributed by atoms with van der Waals surface area (Å²) in [6, 6.07) is 3.32. The van der Waals surface area contributed by atoms with E-state index in [0.29, 0.717) is 0 Å². The third-order valence-electron chi connectivity index (χ3n) is 3.70. The Bertz CT molecular complexity index is 528. The van der Waals surface area contributed by atoms with Gasteiger partial charge in [0.25, 0.3) is 5.69 Å². The highest BCUT2D eigenvalue weighted by Gasteiger charge is 2.52. The van der Waals surface area contributed by atoms with Gasteiger partial charge in [-0.25, -0.2) is 4.39 Å². The Balaban J connectivity index is 0.00000112. The molecule has 0 saturated carbocycles. The summed E-state index contributed by atoms with van der Waals surface area (Å²) in [5.74, 6) is -0.580. The zero-order valence-corrected chi connectivity index (χ0v) is 16.0. The molecule has 130 valence electrons.